The summed E-state index contributed by atoms with van der Waals surface area (Å²) in [4.78, 5) is 14.6. The molecule has 0 saturated carbocycles. The molecule has 0 aromatic heterocycles. The van der Waals surface area contributed by atoms with Gasteiger partial charge in [0, 0.05) is 17.9 Å². The summed E-state index contributed by atoms with van der Waals surface area (Å²) in [6, 6.07) is 18.0. The third-order valence-electron chi connectivity index (χ3n) is 4.62. The van der Waals surface area contributed by atoms with Crippen molar-refractivity contribution in [1.82, 2.24) is 4.90 Å². The maximum atomic E-state index is 12.4. The highest BCUT2D eigenvalue weighted by Crippen LogP contribution is 2.27. The third-order valence-corrected chi connectivity index (χ3v) is 4.62. The van der Waals surface area contributed by atoms with E-state index in [1.165, 1.54) is 0 Å². The summed E-state index contributed by atoms with van der Waals surface area (Å²) < 4.78 is 0. The van der Waals surface area contributed by atoms with Crippen molar-refractivity contribution >= 4 is 11.6 Å². The van der Waals surface area contributed by atoms with E-state index in [2.05, 4.69) is 10.2 Å². The average Bonchev–Trinajstić information content (AvgIpc) is 2.63. The maximum absolute atomic E-state index is 12.4. The number of benzene rings is 2. The lowest BCUT2D eigenvalue weighted by Gasteiger charge is -2.30. The van der Waals surface area contributed by atoms with Crippen molar-refractivity contribution in [3.63, 3.8) is 0 Å². The monoisotopic (exact) mass is 324 g/mol. The Kier molecular flexibility index (Phi) is 5.62. The van der Waals surface area contributed by atoms with Crippen molar-refractivity contribution in [1.29, 1.82) is 0 Å². The zero-order chi connectivity index (χ0) is 16.8. The van der Waals surface area contributed by atoms with Crippen LogP contribution in [-0.2, 0) is 4.79 Å². The van der Waals surface area contributed by atoms with Gasteiger partial charge in [-0.05, 0) is 43.5 Å². The number of hydrogen-bond donors (Lipinski definition) is 2. The number of aliphatic hydroxyl groups excluding tert-OH is 1. The van der Waals surface area contributed by atoms with Crippen LogP contribution in [0.15, 0.2) is 54.6 Å². The van der Waals surface area contributed by atoms with Gasteiger partial charge in [0.05, 0.1) is 6.54 Å². The first-order valence-corrected chi connectivity index (χ1v) is 8.54. The van der Waals surface area contributed by atoms with Crippen molar-refractivity contribution in [3.05, 3.63) is 54.6 Å². The summed E-state index contributed by atoms with van der Waals surface area (Å²) in [7, 11) is 0. The molecular formula is C20H24N2O2. The predicted molar refractivity (Wildman–Crippen MR) is 96.8 cm³/mol. The standard InChI is InChI=1S/C20H24N2O2/c23-15-16-10-12-22(13-11-16)14-20(24)21-19-9-5-4-8-18(19)17-6-2-1-3-7-17/h1-9,16,23H,10-15H2,(H,21,24). The zero-order valence-corrected chi connectivity index (χ0v) is 13.8. The van der Waals surface area contributed by atoms with E-state index in [0.717, 1.165) is 42.7 Å². The number of hydrogen-bond acceptors (Lipinski definition) is 3. The number of nitrogens with one attached hydrogen (secondary N) is 1. The zero-order valence-electron chi connectivity index (χ0n) is 13.8. The van der Waals surface area contributed by atoms with Gasteiger partial charge in [-0.25, -0.2) is 0 Å². The highest BCUT2D eigenvalue weighted by Gasteiger charge is 2.20. The molecule has 4 nitrogen and oxygen atoms in total. The van der Waals surface area contributed by atoms with Gasteiger partial charge in [-0.1, -0.05) is 48.5 Å². The van der Waals surface area contributed by atoms with Crippen LogP contribution in [0.1, 0.15) is 12.8 Å². The van der Waals surface area contributed by atoms with Crippen molar-refractivity contribution in [2.75, 3.05) is 31.6 Å². The van der Waals surface area contributed by atoms with Crippen LogP contribution >= 0.6 is 0 Å². The molecule has 1 amide bonds. The number of likely N-dealkylation sites (tertiary alicyclic amines) is 1. The Morgan fingerprint density at radius 1 is 1.04 bits per heavy atom. The Balaban J connectivity index is 1.63. The van der Waals surface area contributed by atoms with Gasteiger partial charge in [0.2, 0.25) is 5.91 Å². The van der Waals surface area contributed by atoms with Gasteiger partial charge in [-0.15, -0.1) is 0 Å². The van der Waals surface area contributed by atoms with Gasteiger partial charge in [-0.2, -0.15) is 0 Å². The van der Waals surface area contributed by atoms with Crippen molar-refractivity contribution in [3.8, 4) is 11.1 Å². The fourth-order valence-electron chi connectivity index (χ4n) is 3.18. The Labute approximate surface area is 143 Å². The number of para-hydroxylation sites is 1. The van der Waals surface area contributed by atoms with Crippen LogP contribution in [-0.4, -0.2) is 42.2 Å². The molecule has 0 bridgehead atoms. The van der Waals surface area contributed by atoms with E-state index in [0.29, 0.717) is 12.5 Å². The lowest BCUT2D eigenvalue weighted by Crippen LogP contribution is -2.39. The number of carbonyl (C=O) groups is 1. The minimum absolute atomic E-state index is 0.0147. The summed E-state index contributed by atoms with van der Waals surface area (Å²) in [5.41, 5.74) is 2.97. The van der Waals surface area contributed by atoms with E-state index in [-0.39, 0.29) is 12.5 Å². The molecule has 24 heavy (non-hydrogen) atoms. The van der Waals surface area contributed by atoms with E-state index < -0.39 is 0 Å². The van der Waals surface area contributed by atoms with Crippen molar-refractivity contribution < 1.29 is 9.90 Å². The molecule has 2 aromatic carbocycles. The number of piperidine rings is 1. The Morgan fingerprint density at radius 3 is 2.42 bits per heavy atom. The highest BCUT2D eigenvalue weighted by molar-refractivity contribution is 5.96. The van der Waals surface area contributed by atoms with E-state index >= 15 is 0 Å². The van der Waals surface area contributed by atoms with Gasteiger partial charge in [0.15, 0.2) is 0 Å². The molecule has 0 radical (unpaired) electrons. The Hall–Kier alpha value is -2.17. The SMILES string of the molecule is O=C(CN1CCC(CO)CC1)Nc1ccccc1-c1ccccc1. The molecule has 3 rings (SSSR count). The second-order valence-corrected chi connectivity index (χ2v) is 6.36. The van der Waals surface area contributed by atoms with Crippen LogP contribution in [0.4, 0.5) is 5.69 Å². The third kappa shape index (κ3) is 4.22. The summed E-state index contributed by atoms with van der Waals surface area (Å²) in [5, 5.41) is 12.2. The molecule has 2 N–H and O–H groups in total. The highest BCUT2D eigenvalue weighted by atomic mass is 16.3. The van der Waals surface area contributed by atoms with Crippen LogP contribution in [0.2, 0.25) is 0 Å². The smallest absolute Gasteiger partial charge is 0.238 e. The van der Waals surface area contributed by atoms with Crippen LogP contribution in [0.5, 0.6) is 0 Å². The van der Waals surface area contributed by atoms with Gasteiger partial charge in [0.25, 0.3) is 0 Å². The number of anilines is 1. The second-order valence-electron chi connectivity index (χ2n) is 6.36. The second kappa shape index (κ2) is 8.08. The lowest BCUT2D eigenvalue weighted by molar-refractivity contribution is -0.117. The van der Waals surface area contributed by atoms with Gasteiger partial charge >= 0.3 is 0 Å². The maximum Gasteiger partial charge on any atom is 0.238 e. The van der Waals surface area contributed by atoms with Gasteiger partial charge in [0.1, 0.15) is 0 Å². The number of aliphatic hydroxyl groups is 1. The molecule has 1 fully saturated rings. The number of rotatable bonds is 5. The fraction of sp³-hybridized carbons (Fsp3) is 0.350. The van der Waals surface area contributed by atoms with Crippen molar-refractivity contribution in [2.45, 2.75) is 12.8 Å². The minimum atomic E-state index is 0.0147. The molecular weight excluding hydrogens is 300 g/mol. The lowest BCUT2D eigenvalue weighted by atomic mass is 9.98. The predicted octanol–water partition coefficient (Wildman–Crippen LogP) is 3.00. The van der Waals surface area contributed by atoms with E-state index in [9.17, 15) is 9.90 Å². The molecule has 2 aromatic rings. The molecule has 1 aliphatic heterocycles. The number of nitrogens with zero attached hydrogens (tertiary/aromatic N) is 1. The summed E-state index contributed by atoms with van der Waals surface area (Å²) in [6.45, 7) is 2.41. The van der Waals surface area contributed by atoms with E-state index in [1.54, 1.807) is 0 Å². The largest absolute Gasteiger partial charge is 0.396 e. The topological polar surface area (TPSA) is 52.6 Å². The summed E-state index contributed by atoms with van der Waals surface area (Å²) in [6.07, 6.45) is 1.93. The molecule has 0 spiro atoms. The van der Waals surface area contributed by atoms with E-state index in [1.807, 2.05) is 54.6 Å². The summed E-state index contributed by atoms with van der Waals surface area (Å²) >= 11 is 0. The first-order chi connectivity index (χ1) is 11.8. The minimum Gasteiger partial charge on any atom is -0.396 e. The number of amides is 1. The molecule has 0 unspecified atom stereocenters. The first kappa shape index (κ1) is 16.7. The van der Waals surface area contributed by atoms with Crippen LogP contribution in [0, 0.1) is 5.92 Å². The Morgan fingerprint density at radius 2 is 1.71 bits per heavy atom. The van der Waals surface area contributed by atoms with E-state index in [4.69, 9.17) is 0 Å². The van der Waals surface area contributed by atoms with Gasteiger partial charge in [-0.3, -0.25) is 9.69 Å². The average molecular weight is 324 g/mol. The van der Waals surface area contributed by atoms with Gasteiger partial charge < -0.3 is 10.4 Å². The molecule has 4 heteroatoms. The molecule has 0 aliphatic carbocycles. The number of carbonyl (C=O) groups excluding carboxylic acids is 1. The molecule has 1 heterocycles. The molecule has 126 valence electrons. The summed E-state index contributed by atoms with van der Waals surface area (Å²) in [5.74, 6) is 0.406. The normalized spacial score (nSPS) is 16.0. The van der Waals surface area contributed by atoms with Crippen molar-refractivity contribution in [2.24, 2.45) is 5.92 Å². The Bertz CT molecular complexity index is 664. The first-order valence-electron chi connectivity index (χ1n) is 8.54. The molecule has 1 aliphatic rings. The molecule has 0 atom stereocenters. The molecule has 1 saturated heterocycles. The van der Waals surface area contributed by atoms with Crippen LogP contribution in [0.3, 0.4) is 0 Å². The van der Waals surface area contributed by atoms with Crippen LogP contribution < -0.4 is 5.32 Å². The van der Waals surface area contributed by atoms with Crippen LogP contribution in [0.25, 0.3) is 11.1 Å². The quantitative estimate of drug-likeness (QED) is 0.889. The fourth-order valence-corrected chi connectivity index (χ4v) is 3.18.